The van der Waals surface area contributed by atoms with Crippen LogP contribution in [-0.2, 0) is 4.79 Å². The number of benzene rings is 1. The molecule has 29 heavy (non-hydrogen) atoms. The van der Waals surface area contributed by atoms with Crippen molar-refractivity contribution >= 4 is 16.9 Å². The van der Waals surface area contributed by atoms with E-state index in [1.165, 1.54) is 31.7 Å². The third-order valence-corrected chi connectivity index (χ3v) is 6.26. The second-order valence-corrected chi connectivity index (χ2v) is 8.32. The molecular formula is C23H30N2O4. The molecule has 1 saturated carbocycles. The molecule has 2 aromatic rings. The van der Waals surface area contributed by atoms with Crippen LogP contribution < -0.4 is 10.4 Å². The van der Waals surface area contributed by atoms with Crippen molar-refractivity contribution in [1.82, 2.24) is 9.80 Å². The number of fused-ring (bicyclic) bond motifs is 1. The van der Waals surface area contributed by atoms with E-state index >= 15 is 0 Å². The average molecular weight is 399 g/mol. The maximum Gasteiger partial charge on any atom is 0.336 e. The van der Waals surface area contributed by atoms with Crippen LogP contribution in [0.4, 0.5) is 0 Å². The molecule has 1 aromatic carbocycles. The first kappa shape index (κ1) is 20.0. The fourth-order valence-corrected chi connectivity index (χ4v) is 4.68. The first-order valence-corrected chi connectivity index (χ1v) is 10.8. The van der Waals surface area contributed by atoms with Crippen LogP contribution in [0.25, 0.3) is 11.0 Å². The first-order chi connectivity index (χ1) is 14.0. The molecule has 1 saturated heterocycles. The quantitative estimate of drug-likeness (QED) is 0.739. The van der Waals surface area contributed by atoms with Crippen LogP contribution in [0.15, 0.2) is 33.5 Å². The Bertz CT molecular complexity index is 932. The Kier molecular flexibility index (Phi) is 5.90. The summed E-state index contributed by atoms with van der Waals surface area (Å²) >= 11 is 0. The number of nitrogens with zero attached hydrogens (tertiary/aromatic N) is 2. The van der Waals surface area contributed by atoms with Crippen molar-refractivity contribution in [3.8, 4) is 5.75 Å². The third-order valence-electron chi connectivity index (χ3n) is 6.26. The first-order valence-electron chi connectivity index (χ1n) is 10.8. The monoisotopic (exact) mass is 398 g/mol. The van der Waals surface area contributed by atoms with Crippen molar-refractivity contribution in [2.24, 2.45) is 0 Å². The molecule has 4 rings (SSSR count). The Morgan fingerprint density at radius 1 is 1.10 bits per heavy atom. The van der Waals surface area contributed by atoms with Crippen molar-refractivity contribution in [1.29, 1.82) is 0 Å². The van der Waals surface area contributed by atoms with Gasteiger partial charge in [0.25, 0.3) is 5.91 Å². The normalized spacial score (nSPS) is 20.0. The largest absolute Gasteiger partial charge is 0.481 e. The van der Waals surface area contributed by atoms with E-state index in [4.69, 9.17) is 9.15 Å². The van der Waals surface area contributed by atoms with E-state index in [1.54, 1.807) is 12.1 Å². The van der Waals surface area contributed by atoms with Gasteiger partial charge < -0.3 is 14.1 Å². The molecule has 1 aliphatic carbocycles. The maximum absolute atomic E-state index is 13.0. The van der Waals surface area contributed by atoms with Gasteiger partial charge in [-0.1, -0.05) is 12.8 Å². The smallest absolute Gasteiger partial charge is 0.336 e. The second kappa shape index (κ2) is 8.57. The van der Waals surface area contributed by atoms with Crippen LogP contribution in [0.2, 0.25) is 0 Å². The molecule has 6 nitrogen and oxygen atoms in total. The van der Waals surface area contributed by atoms with E-state index in [9.17, 15) is 9.59 Å². The van der Waals surface area contributed by atoms with E-state index in [-0.39, 0.29) is 11.5 Å². The summed E-state index contributed by atoms with van der Waals surface area (Å²) in [7, 11) is 0. The average Bonchev–Trinajstić information content (AvgIpc) is 3.12. The van der Waals surface area contributed by atoms with Gasteiger partial charge in [0.05, 0.1) is 0 Å². The number of hydrogen-bond acceptors (Lipinski definition) is 5. The Morgan fingerprint density at radius 2 is 1.90 bits per heavy atom. The van der Waals surface area contributed by atoms with E-state index < -0.39 is 6.10 Å². The van der Waals surface area contributed by atoms with E-state index in [0.29, 0.717) is 17.4 Å². The van der Waals surface area contributed by atoms with Crippen molar-refractivity contribution in [3.05, 3.63) is 40.2 Å². The van der Waals surface area contributed by atoms with Gasteiger partial charge in [-0.25, -0.2) is 4.79 Å². The minimum atomic E-state index is -0.554. The summed E-state index contributed by atoms with van der Waals surface area (Å²) in [5.41, 5.74) is 1.00. The van der Waals surface area contributed by atoms with Crippen LogP contribution in [0, 0.1) is 6.92 Å². The summed E-state index contributed by atoms with van der Waals surface area (Å²) in [6.45, 7) is 7.27. The lowest BCUT2D eigenvalue weighted by atomic mass is 10.1. The molecule has 1 aromatic heterocycles. The van der Waals surface area contributed by atoms with Crippen LogP contribution in [0.5, 0.6) is 5.75 Å². The van der Waals surface area contributed by atoms with Gasteiger partial charge >= 0.3 is 5.63 Å². The molecule has 0 N–H and O–H groups in total. The summed E-state index contributed by atoms with van der Waals surface area (Å²) in [6.07, 6.45) is 5.74. The zero-order chi connectivity index (χ0) is 20.4. The number of carbonyl (C=O) groups excluding carboxylic acids is 1. The SMILES string of the molecule is Cc1cc(=O)oc2ccc(OC(C)C(=O)N3CCCN(C4CCCC4)CC3)cc12. The zero-order valence-corrected chi connectivity index (χ0v) is 17.4. The van der Waals surface area contributed by atoms with Gasteiger partial charge in [-0.15, -0.1) is 0 Å². The summed E-state index contributed by atoms with van der Waals surface area (Å²) in [6, 6.07) is 7.48. The molecule has 0 radical (unpaired) electrons. The standard InChI is InChI=1S/C23H30N2O4/c1-16-14-22(26)29-21-9-8-19(15-20(16)21)28-17(2)23(27)25-11-5-10-24(12-13-25)18-6-3-4-7-18/h8-9,14-15,17-18H,3-7,10-13H2,1-2H3. The van der Waals surface area contributed by atoms with Gasteiger partial charge in [0, 0.05) is 43.7 Å². The molecule has 1 atom stereocenters. The number of carbonyl (C=O) groups is 1. The topological polar surface area (TPSA) is 63.0 Å². The van der Waals surface area contributed by atoms with Crippen LogP contribution in [-0.4, -0.2) is 54.0 Å². The molecule has 2 fully saturated rings. The van der Waals surface area contributed by atoms with Gasteiger partial charge in [-0.2, -0.15) is 0 Å². The lowest BCUT2D eigenvalue weighted by molar-refractivity contribution is -0.137. The van der Waals surface area contributed by atoms with E-state index in [1.807, 2.05) is 24.8 Å². The number of amides is 1. The van der Waals surface area contributed by atoms with Gasteiger partial charge in [-0.3, -0.25) is 9.69 Å². The molecule has 156 valence electrons. The highest BCUT2D eigenvalue weighted by Crippen LogP contribution is 2.25. The fourth-order valence-electron chi connectivity index (χ4n) is 4.68. The van der Waals surface area contributed by atoms with Crippen molar-refractivity contribution in [2.75, 3.05) is 26.2 Å². The molecule has 1 amide bonds. The van der Waals surface area contributed by atoms with Gasteiger partial charge in [0.1, 0.15) is 11.3 Å². The predicted octanol–water partition coefficient (Wildman–Crippen LogP) is 3.35. The maximum atomic E-state index is 13.0. The molecule has 0 spiro atoms. The molecular weight excluding hydrogens is 368 g/mol. The fraction of sp³-hybridized carbons (Fsp3) is 0.565. The Balaban J connectivity index is 1.40. The molecule has 2 aliphatic rings. The van der Waals surface area contributed by atoms with E-state index in [0.717, 1.165) is 43.5 Å². The second-order valence-electron chi connectivity index (χ2n) is 8.32. The predicted molar refractivity (Wildman–Crippen MR) is 112 cm³/mol. The van der Waals surface area contributed by atoms with Crippen LogP contribution in [0.1, 0.15) is 44.6 Å². The van der Waals surface area contributed by atoms with Crippen molar-refractivity contribution in [3.63, 3.8) is 0 Å². The zero-order valence-electron chi connectivity index (χ0n) is 17.4. The van der Waals surface area contributed by atoms with E-state index in [2.05, 4.69) is 4.90 Å². The molecule has 0 bridgehead atoms. The number of hydrogen-bond donors (Lipinski definition) is 0. The van der Waals surface area contributed by atoms with Crippen LogP contribution >= 0.6 is 0 Å². The summed E-state index contributed by atoms with van der Waals surface area (Å²) in [5, 5.41) is 0.823. The Hall–Kier alpha value is -2.34. The molecule has 6 heteroatoms. The highest BCUT2D eigenvalue weighted by molar-refractivity contribution is 5.83. The highest BCUT2D eigenvalue weighted by atomic mass is 16.5. The van der Waals surface area contributed by atoms with Gasteiger partial charge in [0.15, 0.2) is 6.10 Å². The summed E-state index contributed by atoms with van der Waals surface area (Å²) < 4.78 is 11.2. The Morgan fingerprint density at radius 3 is 2.69 bits per heavy atom. The molecule has 1 aliphatic heterocycles. The minimum Gasteiger partial charge on any atom is -0.481 e. The minimum absolute atomic E-state index is 0.0367. The number of rotatable bonds is 4. The van der Waals surface area contributed by atoms with Crippen molar-refractivity contribution < 1.29 is 13.9 Å². The van der Waals surface area contributed by atoms with Crippen LogP contribution in [0.3, 0.4) is 0 Å². The number of ether oxygens (including phenoxy) is 1. The van der Waals surface area contributed by atoms with Crippen molar-refractivity contribution in [2.45, 2.75) is 58.1 Å². The van der Waals surface area contributed by atoms with Gasteiger partial charge in [0.2, 0.25) is 0 Å². The summed E-state index contributed by atoms with van der Waals surface area (Å²) in [5.74, 6) is 0.646. The lowest BCUT2D eigenvalue weighted by Gasteiger charge is -2.28. The third kappa shape index (κ3) is 4.47. The highest BCUT2D eigenvalue weighted by Gasteiger charge is 2.28. The summed E-state index contributed by atoms with van der Waals surface area (Å²) in [4.78, 5) is 29.0. The number of aryl methyl sites for hydroxylation is 1. The lowest BCUT2D eigenvalue weighted by Crippen LogP contribution is -2.43. The Labute approximate surface area is 171 Å². The molecule has 2 heterocycles. The molecule has 1 unspecified atom stereocenters. The van der Waals surface area contributed by atoms with Gasteiger partial charge in [-0.05, 0) is 56.9 Å².